The third-order valence-corrected chi connectivity index (χ3v) is 3.58. The van der Waals surface area contributed by atoms with E-state index in [1.807, 2.05) is 30.3 Å². The molecule has 19 heavy (non-hydrogen) atoms. The lowest BCUT2D eigenvalue weighted by molar-refractivity contribution is 0.141. The van der Waals surface area contributed by atoms with Crippen LogP contribution in [0.1, 0.15) is 18.1 Å². The fourth-order valence-corrected chi connectivity index (χ4v) is 2.17. The first-order chi connectivity index (χ1) is 9.18. The summed E-state index contributed by atoms with van der Waals surface area (Å²) in [4.78, 5) is 0. The summed E-state index contributed by atoms with van der Waals surface area (Å²) >= 11 is 12.0. The molecule has 0 heterocycles. The Bertz CT molecular complexity index is 529. The fraction of sp³-hybridized carbons (Fsp3) is 0.200. The van der Waals surface area contributed by atoms with Gasteiger partial charge in [-0.25, -0.2) is 0 Å². The summed E-state index contributed by atoms with van der Waals surface area (Å²) in [5.74, 6) is 0.784. The van der Waals surface area contributed by atoms with Crippen LogP contribution in [0.4, 0.5) is 0 Å². The van der Waals surface area contributed by atoms with Gasteiger partial charge in [-0.05, 0) is 18.2 Å². The molecule has 0 amide bonds. The van der Waals surface area contributed by atoms with Crippen LogP contribution < -0.4 is 4.74 Å². The molecule has 0 aliphatic heterocycles. The van der Waals surface area contributed by atoms with Gasteiger partial charge in [0, 0.05) is 12.0 Å². The zero-order chi connectivity index (χ0) is 13.7. The number of hydrogen-bond donors (Lipinski definition) is 1. The summed E-state index contributed by atoms with van der Waals surface area (Å²) in [5.41, 5.74) is 0.630. The van der Waals surface area contributed by atoms with E-state index in [9.17, 15) is 5.11 Å². The number of para-hydroxylation sites is 1. The highest BCUT2D eigenvalue weighted by atomic mass is 35.5. The number of aliphatic hydroxyl groups excluding tert-OH is 1. The van der Waals surface area contributed by atoms with Gasteiger partial charge in [0.15, 0.2) is 0 Å². The summed E-state index contributed by atoms with van der Waals surface area (Å²) in [6.07, 6.45) is -0.232. The van der Waals surface area contributed by atoms with Gasteiger partial charge in [-0.1, -0.05) is 53.5 Å². The van der Waals surface area contributed by atoms with Crippen molar-refractivity contribution in [2.75, 3.05) is 6.61 Å². The van der Waals surface area contributed by atoms with Crippen molar-refractivity contribution in [3.8, 4) is 5.75 Å². The van der Waals surface area contributed by atoms with Gasteiger partial charge in [0.2, 0.25) is 0 Å². The Morgan fingerprint density at radius 1 is 1.00 bits per heavy atom. The smallest absolute Gasteiger partial charge is 0.119 e. The molecule has 2 aromatic carbocycles. The number of ether oxygens (including phenoxy) is 1. The number of hydrogen-bond acceptors (Lipinski definition) is 2. The van der Waals surface area contributed by atoms with Crippen LogP contribution in [0.25, 0.3) is 0 Å². The highest BCUT2D eigenvalue weighted by Crippen LogP contribution is 2.31. The Hall–Kier alpha value is -1.22. The largest absolute Gasteiger partial charge is 0.493 e. The van der Waals surface area contributed by atoms with Crippen LogP contribution in [0.15, 0.2) is 48.5 Å². The lowest BCUT2D eigenvalue weighted by atomic mass is 10.1. The minimum absolute atomic E-state index is 0.399. The normalized spacial score (nSPS) is 12.2. The molecule has 1 N–H and O–H groups in total. The minimum atomic E-state index is -0.685. The van der Waals surface area contributed by atoms with E-state index in [0.29, 0.717) is 28.6 Å². The van der Waals surface area contributed by atoms with Crippen molar-refractivity contribution in [2.24, 2.45) is 0 Å². The summed E-state index contributed by atoms with van der Waals surface area (Å²) in [6.45, 7) is 0.411. The van der Waals surface area contributed by atoms with Gasteiger partial charge < -0.3 is 9.84 Å². The van der Waals surface area contributed by atoms with E-state index in [1.54, 1.807) is 18.2 Å². The van der Waals surface area contributed by atoms with Crippen LogP contribution in [-0.2, 0) is 0 Å². The van der Waals surface area contributed by atoms with Crippen molar-refractivity contribution in [1.82, 2.24) is 0 Å². The average Bonchev–Trinajstić information content (AvgIpc) is 2.43. The maximum absolute atomic E-state index is 10.1. The maximum atomic E-state index is 10.1. The molecule has 0 fully saturated rings. The van der Waals surface area contributed by atoms with Crippen molar-refractivity contribution < 1.29 is 9.84 Å². The first-order valence-electron chi connectivity index (χ1n) is 5.98. The van der Waals surface area contributed by atoms with E-state index in [1.165, 1.54) is 0 Å². The van der Waals surface area contributed by atoms with E-state index < -0.39 is 6.10 Å². The Labute approximate surface area is 122 Å². The van der Waals surface area contributed by atoms with E-state index in [4.69, 9.17) is 27.9 Å². The first kappa shape index (κ1) is 14.2. The van der Waals surface area contributed by atoms with E-state index >= 15 is 0 Å². The highest BCUT2D eigenvalue weighted by Gasteiger charge is 2.13. The molecule has 2 rings (SSSR count). The lowest BCUT2D eigenvalue weighted by Crippen LogP contribution is -2.06. The second-order valence-corrected chi connectivity index (χ2v) is 4.89. The van der Waals surface area contributed by atoms with Gasteiger partial charge in [-0.3, -0.25) is 0 Å². The molecular weight excluding hydrogens is 283 g/mol. The SMILES string of the molecule is OC(CCOc1ccccc1)c1cccc(Cl)c1Cl. The van der Waals surface area contributed by atoms with E-state index in [0.717, 1.165) is 5.75 Å². The van der Waals surface area contributed by atoms with Crippen molar-refractivity contribution >= 4 is 23.2 Å². The molecule has 0 aromatic heterocycles. The van der Waals surface area contributed by atoms with Crippen LogP contribution >= 0.6 is 23.2 Å². The summed E-state index contributed by atoms with van der Waals surface area (Å²) < 4.78 is 5.53. The number of benzene rings is 2. The Balaban J connectivity index is 1.91. The maximum Gasteiger partial charge on any atom is 0.119 e. The molecule has 0 saturated carbocycles. The molecule has 0 aliphatic carbocycles. The minimum Gasteiger partial charge on any atom is -0.493 e. The van der Waals surface area contributed by atoms with Crippen LogP contribution in [-0.4, -0.2) is 11.7 Å². The quantitative estimate of drug-likeness (QED) is 0.880. The second kappa shape index (κ2) is 6.80. The predicted molar refractivity (Wildman–Crippen MR) is 78.0 cm³/mol. The van der Waals surface area contributed by atoms with Gasteiger partial charge >= 0.3 is 0 Å². The summed E-state index contributed by atoms with van der Waals surface area (Å²) in [5, 5.41) is 10.9. The third kappa shape index (κ3) is 3.87. The number of aliphatic hydroxyl groups is 1. The third-order valence-electron chi connectivity index (χ3n) is 2.74. The molecular formula is C15H14Cl2O2. The van der Waals surface area contributed by atoms with Crippen molar-refractivity contribution in [2.45, 2.75) is 12.5 Å². The summed E-state index contributed by atoms with van der Waals surface area (Å²) in [6, 6.07) is 14.7. The Kier molecular flexibility index (Phi) is 5.08. The van der Waals surface area contributed by atoms with Crippen molar-refractivity contribution in [1.29, 1.82) is 0 Å². The molecule has 100 valence electrons. The van der Waals surface area contributed by atoms with Crippen LogP contribution in [0.3, 0.4) is 0 Å². The molecule has 0 spiro atoms. The van der Waals surface area contributed by atoms with E-state index in [2.05, 4.69) is 0 Å². The first-order valence-corrected chi connectivity index (χ1v) is 6.74. The highest BCUT2D eigenvalue weighted by molar-refractivity contribution is 6.42. The lowest BCUT2D eigenvalue weighted by Gasteiger charge is -2.14. The standard InChI is InChI=1S/C15H14Cl2O2/c16-13-8-4-7-12(15(13)17)14(18)9-10-19-11-5-2-1-3-6-11/h1-8,14,18H,9-10H2. The van der Waals surface area contributed by atoms with Gasteiger partial charge in [0.1, 0.15) is 5.75 Å². The molecule has 1 unspecified atom stereocenters. The van der Waals surface area contributed by atoms with E-state index in [-0.39, 0.29) is 0 Å². The molecule has 0 radical (unpaired) electrons. The molecule has 1 atom stereocenters. The van der Waals surface area contributed by atoms with Crippen LogP contribution in [0, 0.1) is 0 Å². The Morgan fingerprint density at radius 3 is 2.47 bits per heavy atom. The van der Waals surface area contributed by atoms with Gasteiger partial charge in [0.05, 0.1) is 22.8 Å². The van der Waals surface area contributed by atoms with Gasteiger partial charge in [-0.2, -0.15) is 0 Å². The summed E-state index contributed by atoms with van der Waals surface area (Å²) in [7, 11) is 0. The van der Waals surface area contributed by atoms with Crippen molar-refractivity contribution in [3.05, 3.63) is 64.1 Å². The van der Waals surface area contributed by atoms with Crippen LogP contribution in [0.2, 0.25) is 10.0 Å². The monoisotopic (exact) mass is 296 g/mol. The average molecular weight is 297 g/mol. The molecule has 0 aliphatic rings. The van der Waals surface area contributed by atoms with Gasteiger partial charge in [-0.15, -0.1) is 0 Å². The predicted octanol–water partition coefficient (Wildman–Crippen LogP) is 4.50. The topological polar surface area (TPSA) is 29.5 Å². The Morgan fingerprint density at radius 2 is 1.74 bits per heavy atom. The van der Waals surface area contributed by atoms with Crippen LogP contribution in [0.5, 0.6) is 5.75 Å². The van der Waals surface area contributed by atoms with Gasteiger partial charge in [0.25, 0.3) is 0 Å². The number of halogens is 2. The zero-order valence-corrected chi connectivity index (χ0v) is 11.7. The fourth-order valence-electron chi connectivity index (χ4n) is 1.74. The molecule has 2 aromatic rings. The number of rotatable bonds is 5. The molecule has 0 bridgehead atoms. The second-order valence-electron chi connectivity index (χ2n) is 4.11. The van der Waals surface area contributed by atoms with Crippen molar-refractivity contribution in [3.63, 3.8) is 0 Å². The zero-order valence-electron chi connectivity index (χ0n) is 10.2. The molecule has 2 nitrogen and oxygen atoms in total. The molecule has 4 heteroatoms. The molecule has 0 saturated heterocycles.